The Morgan fingerprint density at radius 3 is 2.48 bits per heavy atom. The number of anilines is 2. The number of rotatable bonds is 6. The van der Waals surface area contributed by atoms with Gasteiger partial charge in [0.1, 0.15) is 0 Å². The number of allylic oxidation sites excluding steroid dienone is 4. The van der Waals surface area contributed by atoms with E-state index < -0.39 is 35.7 Å². The number of alkyl halides is 3. The van der Waals surface area contributed by atoms with E-state index in [0.29, 0.717) is 16.8 Å². The second kappa shape index (κ2) is 9.69. The Morgan fingerprint density at radius 1 is 1.12 bits per heavy atom. The summed E-state index contributed by atoms with van der Waals surface area (Å²) < 4.78 is 66.6. The molecule has 0 aliphatic heterocycles. The van der Waals surface area contributed by atoms with E-state index in [0.717, 1.165) is 11.3 Å². The first kappa shape index (κ1) is 24.4. The van der Waals surface area contributed by atoms with Crippen molar-refractivity contribution in [1.82, 2.24) is 10.3 Å². The Hall–Kier alpha value is -3.28. The van der Waals surface area contributed by atoms with Crippen molar-refractivity contribution in [2.24, 2.45) is 0 Å². The normalized spacial score (nSPS) is 14.4. The molecule has 2 aromatic rings. The van der Waals surface area contributed by atoms with Gasteiger partial charge in [-0.15, -0.1) is 11.3 Å². The Morgan fingerprint density at radius 2 is 1.85 bits per heavy atom. The number of halogens is 5. The molecule has 176 valence electrons. The summed E-state index contributed by atoms with van der Waals surface area (Å²) >= 11 is 0.918. The highest BCUT2D eigenvalue weighted by Crippen LogP contribution is 2.43. The third-order valence-corrected chi connectivity index (χ3v) is 5.73. The van der Waals surface area contributed by atoms with Crippen LogP contribution >= 0.6 is 11.3 Å². The van der Waals surface area contributed by atoms with E-state index in [9.17, 15) is 31.5 Å². The van der Waals surface area contributed by atoms with Crippen LogP contribution in [0.25, 0.3) is 5.57 Å². The van der Waals surface area contributed by atoms with Crippen LogP contribution in [0.15, 0.2) is 40.8 Å². The van der Waals surface area contributed by atoms with Crippen molar-refractivity contribution >= 4 is 39.5 Å². The summed E-state index contributed by atoms with van der Waals surface area (Å²) in [5.74, 6) is -4.44. The molecule has 33 heavy (non-hydrogen) atoms. The van der Waals surface area contributed by atoms with Crippen LogP contribution in [0.1, 0.15) is 34.5 Å². The average Bonchev–Trinajstić information content (AvgIpc) is 3.21. The molecule has 0 radical (unpaired) electrons. The van der Waals surface area contributed by atoms with Crippen molar-refractivity contribution in [3.05, 3.63) is 57.6 Å². The lowest BCUT2D eigenvalue weighted by Gasteiger charge is -2.18. The molecule has 1 aliphatic carbocycles. The molecular formula is C21H19F5N4O2S. The van der Waals surface area contributed by atoms with Gasteiger partial charge in [-0.2, -0.15) is 13.2 Å². The molecule has 0 spiro atoms. The van der Waals surface area contributed by atoms with E-state index >= 15 is 0 Å². The summed E-state index contributed by atoms with van der Waals surface area (Å²) in [6, 6.07) is 4.98. The Labute approximate surface area is 189 Å². The number of nitrogens with one attached hydrogen (secondary N) is 3. The fourth-order valence-corrected chi connectivity index (χ4v) is 4.14. The molecule has 3 N–H and O–H groups in total. The summed E-state index contributed by atoms with van der Waals surface area (Å²) in [7, 11) is 3.10. The van der Waals surface area contributed by atoms with E-state index in [-0.39, 0.29) is 35.1 Å². The molecule has 0 saturated carbocycles. The van der Waals surface area contributed by atoms with Crippen LogP contribution in [0.3, 0.4) is 0 Å². The fourth-order valence-electron chi connectivity index (χ4n) is 3.40. The highest BCUT2D eigenvalue weighted by molar-refractivity contribution is 7.14. The fraction of sp³-hybridized carbons (Fsp3) is 0.286. The summed E-state index contributed by atoms with van der Waals surface area (Å²) in [4.78, 5) is 28.8. The molecule has 1 aromatic carbocycles. The number of hydrogen-bond donors (Lipinski definition) is 3. The van der Waals surface area contributed by atoms with Crippen molar-refractivity contribution in [2.75, 3.05) is 24.7 Å². The topological polar surface area (TPSA) is 83.1 Å². The Bertz CT molecular complexity index is 1150. The lowest BCUT2D eigenvalue weighted by atomic mass is 9.94. The van der Waals surface area contributed by atoms with Gasteiger partial charge in [0.05, 0.1) is 23.3 Å². The number of thiazole rings is 1. The van der Waals surface area contributed by atoms with Gasteiger partial charge < -0.3 is 16.0 Å². The number of nitrogens with zero attached hydrogens (tertiary/aromatic N) is 1. The monoisotopic (exact) mass is 486 g/mol. The Balaban J connectivity index is 1.79. The largest absolute Gasteiger partial charge is 0.415 e. The predicted molar refractivity (Wildman–Crippen MR) is 115 cm³/mol. The molecule has 0 bridgehead atoms. The maximum atomic E-state index is 14.3. The minimum Gasteiger partial charge on any atom is -0.387 e. The van der Waals surface area contributed by atoms with Gasteiger partial charge >= 0.3 is 6.18 Å². The molecule has 0 unspecified atom stereocenters. The van der Waals surface area contributed by atoms with E-state index in [1.165, 1.54) is 12.4 Å². The zero-order valence-electron chi connectivity index (χ0n) is 17.5. The first-order chi connectivity index (χ1) is 15.6. The van der Waals surface area contributed by atoms with Gasteiger partial charge in [0.25, 0.3) is 5.91 Å². The molecule has 2 amide bonds. The van der Waals surface area contributed by atoms with Crippen LogP contribution in [0.5, 0.6) is 0 Å². The summed E-state index contributed by atoms with van der Waals surface area (Å²) in [6.07, 6.45) is -6.21. The minimum absolute atomic E-state index is 0.0487. The van der Waals surface area contributed by atoms with Gasteiger partial charge in [-0.3, -0.25) is 9.59 Å². The maximum Gasteiger partial charge on any atom is 0.415 e. The summed E-state index contributed by atoms with van der Waals surface area (Å²) in [6.45, 7) is 0. The molecule has 1 heterocycles. The van der Waals surface area contributed by atoms with Gasteiger partial charge in [-0.05, 0) is 24.5 Å². The molecular weight excluding hydrogens is 467 g/mol. The predicted octanol–water partition coefficient (Wildman–Crippen LogP) is 4.99. The van der Waals surface area contributed by atoms with E-state index in [4.69, 9.17) is 0 Å². The number of carbonyl (C=O) groups excluding carboxylic acids is 2. The highest BCUT2D eigenvalue weighted by Gasteiger charge is 2.40. The molecule has 6 nitrogen and oxygen atoms in total. The molecule has 3 rings (SSSR count). The number of aromatic nitrogens is 1. The molecule has 0 saturated heterocycles. The summed E-state index contributed by atoms with van der Waals surface area (Å²) in [5, 5.41) is 9.30. The maximum absolute atomic E-state index is 14.3. The van der Waals surface area contributed by atoms with E-state index in [2.05, 4.69) is 20.9 Å². The quantitative estimate of drug-likeness (QED) is 0.503. The van der Waals surface area contributed by atoms with Gasteiger partial charge in [0.15, 0.2) is 16.8 Å². The second-order valence-corrected chi connectivity index (χ2v) is 7.87. The third-order valence-electron chi connectivity index (χ3n) is 4.97. The first-order valence-corrected chi connectivity index (χ1v) is 10.6. The van der Waals surface area contributed by atoms with Crippen LogP contribution in [0.4, 0.5) is 32.8 Å². The van der Waals surface area contributed by atoms with Crippen LogP contribution in [0.2, 0.25) is 0 Å². The number of carbonyl (C=O) groups is 2. The lowest BCUT2D eigenvalue weighted by molar-refractivity contribution is -0.115. The number of benzene rings is 1. The molecule has 0 atom stereocenters. The van der Waals surface area contributed by atoms with Crippen LogP contribution in [-0.4, -0.2) is 37.1 Å². The molecule has 1 aromatic heterocycles. The van der Waals surface area contributed by atoms with Crippen LogP contribution in [0, 0.1) is 0 Å². The first-order valence-electron chi connectivity index (χ1n) is 9.69. The van der Waals surface area contributed by atoms with Crippen LogP contribution < -0.4 is 16.0 Å². The second-order valence-electron chi connectivity index (χ2n) is 7.01. The molecule has 0 fully saturated rings. The number of amides is 2. The standard InChI is InChI=1S/C21H19F5N4O2S/c1-27-13-5-3-4-10(16(13)19(32)28-2)8-15(31)30-20-29-14(9-33-20)11-6-7-12(21(24,25)26)18(23)17(11)22/h3-5,9,27H,6-8H2,1-2H3,(H,28,32)(H,29,30,31). The van der Waals surface area contributed by atoms with Crippen molar-refractivity contribution in [3.63, 3.8) is 0 Å². The van der Waals surface area contributed by atoms with Gasteiger partial charge in [0.2, 0.25) is 5.91 Å². The van der Waals surface area contributed by atoms with Crippen LogP contribution in [-0.2, 0) is 11.2 Å². The highest BCUT2D eigenvalue weighted by atomic mass is 32.1. The van der Waals surface area contributed by atoms with E-state index in [1.54, 1.807) is 25.2 Å². The van der Waals surface area contributed by atoms with Gasteiger partial charge in [-0.1, -0.05) is 12.1 Å². The Kier molecular flexibility index (Phi) is 7.15. The van der Waals surface area contributed by atoms with Crippen molar-refractivity contribution in [2.45, 2.75) is 25.4 Å². The SMILES string of the molecule is CNC(=O)c1c(CC(=O)Nc2nc(C3=C(F)C(F)=C(C(F)(F)F)CC3)cs2)cccc1NC. The zero-order chi connectivity index (χ0) is 24.3. The van der Waals surface area contributed by atoms with Gasteiger partial charge in [0, 0.05) is 30.7 Å². The van der Waals surface area contributed by atoms with E-state index in [1.807, 2.05) is 0 Å². The number of hydrogen-bond acceptors (Lipinski definition) is 5. The lowest BCUT2D eigenvalue weighted by Crippen LogP contribution is -2.23. The average molecular weight is 486 g/mol. The summed E-state index contributed by atoms with van der Waals surface area (Å²) in [5.41, 5.74) is -0.598. The molecule has 12 heteroatoms. The zero-order valence-corrected chi connectivity index (χ0v) is 18.3. The van der Waals surface area contributed by atoms with Crippen molar-refractivity contribution in [1.29, 1.82) is 0 Å². The van der Waals surface area contributed by atoms with Gasteiger partial charge in [-0.25, -0.2) is 13.8 Å². The smallest absolute Gasteiger partial charge is 0.387 e. The van der Waals surface area contributed by atoms with Crippen molar-refractivity contribution in [3.8, 4) is 0 Å². The van der Waals surface area contributed by atoms with Crippen molar-refractivity contribution < 1.29 is 31.5 Å². The molecule has 1 aliphatic rings. The third kappa shape index (κ3) is 5.21. The minimum atomic E-state index is -4.95.